The first-order valence-corrected chi connectivity index (χ1v) is 7.90. The van der Waals surface area contributed by atoms with Crippen molar-refractivity contribution < 1.29 is 19.1 Å². The number of ether oxygens (including phenoxy) is 2. The van der Waals surface area contributed by atoms with Crippen LogP contribution >= 0.6 is 0 Å². The first-order chi connectivity index (χ1) is 11.7. The van der Waals surface area contributed by atoms with Gasteiger partial charge in [0.15, 0.2) is 13.2 Å². The van der Waals surface area contributed by atoms with Crippen molar-refractivity contribution in [1.29, 1.82) is 0 Å². The average Bonchev–Trinajstić information content (AvgIpc) is 2.64. The third-order valence-electron chi connectivity index (χ3n) is 3.25. The number of nitrogens with one attached hydrogen (secondary N) is 1. The molecule has 5 heteroatoms. The number of rotatable bonds is 8. The number of carbonyl (C=O) groups is 2. The molecule has 1 amide bonds. The molecule has 2 rings (SSSR count). The lowest BCUT2D eigenvalue weighted by Gasteiger charge is -2.11. The van der Waals surface area contributed by atoms with E-state index in [9.17, 15) is 9.59 Å². The Morgan fingerprint density at radius 1 is 0.958 bits per heavy atom. The molecule has 0 aliphatic heterocycles. The second kappa shape index (κ2) is 9.35. The van der Waals surface area contributed by atoms with E-state index < -0.39 is 5.97 Å². The largest absolute Gasteiger partial charge is 0.481 e. The molecule has 0 saturated heterocycles. The molecule has 0 unspecified atom stereocenters. The third-order valence-corrected chi connectivity index (χ3v) is 3.25. The van der Waals surface area contributed by atoms with E-state index in [0.29, 0.717) is 12.3 Å². The zero-order valence-corrected chi connectivity index (χ0v) is 13.7. The minimum atomic E-state index is -0.579. The molecule has 0 heterocycles. The van der Waals surface area contributed by atoms with Crippen molar-refractivity contribution in [2.75, 3.05) is 19.8 Å². The number of hydrogen-bond acceptors (Lipinski definition) is 4. The summed E-state index contributed by atoms with van der Waals surface area (Å²) in [4.78, 5) is 23.1. The molecule has 126 valence electrons. The molecule has 0 saturated carbocycles. The van der Waals surface area contributed by atoms with Gasteiger partial charge >= 0.3 is 5.97 Å². The monoisotopic (exact) mass is 327 g/mol. The first kappa shape index (κ1) is 17.5. The van der Waals surface area contributed by atoms with Gasteiger partial charge in [-0.25, -0.2) is 4.79 Å². The van der Waals surface area contributed by atoms with Crippen molar-refractivity contribution in [2.45, 2.75) is 13.3 Å². The van der Waals surface area contributed by atoms with Gasteiger partial charge in [-0.2, -0.15) is 0 Å². The highest BCUT2D eigenvalue weighted by Crippen LogP contribution is 2.29. The molecule has 0 aromatic heterocycles. The van der Waals surface area contributed by atoms with E-state index in [1.165, 1.54) is 0 Å². The van der Waals surface area contributed by atoms with Crippen LogP contribution in [0.15, 0.2) is 54.6 Å². The van der Waals surface area contributed by atoms with Gasteiger partial charge < -0.3 is 14.8 Å². The van der Waals surface area contributed by atoms with Crippen LogP contribution in [0.1, 0.15) is 13.3 Å². The summed E-state index contributed by atoms with van der Waals surface area (Å²) in [5.41, 5.74) is 1.90. The van der Waals surface area contributed by atoms with Crippen LogP contribution in [-0.4, -0.2) is 31.6 Å². The van der Waals surface area contributed by atoms with Crippen LogP contribution in [0.3, 0.4) is 0 Å². The van der Waals surface area contributed by atoms with E-state index in [1.807, 2.05) is 55.5 Å². The summed E-state index contributed by atoms with van der Waals surface area (Å²) in [5.74, 6) is -0.296. The second-order valence-electron chi connectivity index (χ2n) is 5.16. The number of esters is 1. The van der Waals surface area contributed by atoms with Crippen LogP contribution in [0.4, 0.5) is 0 Å². The topological polar surface area (TPSA) is 64.6 Å². The Kier molecular flexibility index (Phi) is 6.83. The number of amides is 1. The van der Waals surface area contributed by atoms with Gasteiger partial charge in [-0.15, -0.1) is 0 Å². The average molecular weight is 327 g/mol. The second-order valence-corrected chi connectivity index (χ2v) is 5.16. The van der Waals surface area contributed by atoms with Gasteiger partial charge in [0.1, 0.15) is 5.75 Å². The molecular formula is C19H21NO4. The summed E-state index contributed by atoms with van der Waals surface area (Å²) >= 11 is 0. The highest BCUT2D eigenvalue weighted by Gasteiger charge is 2.10. The molecular weight excluding hydrogens is 306 g/mol. The normalized spacial score (nSPS) is 10.0. The SMILES string of the molecule is CCCNC(=O)COC(=O)COc1ccccc1-c1ccccc1. The van der Waals surface area contributed by atoms with Crippen molar-refractivity contribution in [1.82, 2.24) is 5.32 Å². The van der Waals surface area contributed by atoms with Gasteiger partial charge in [0.05, 0.1) is 0 Å². The summed E-state index contributed by atoms with van der Waals surface area (Å²) in [6, 6.07) is 17.2. The maximum absolute atomic E-state index is 11.7. The number of benzene rings is 2. The van der Waals surface area contributed by atoms with Gasteiger partial charge in [0.25, 0.3) is 5.91 Å². The van der Waals surface area contributed by atoms with Crippen LogP contribution in [0.5, 0.6) is 5.75 Å². The predicted octanol–water partition coefficient (Wildman–Crippen LogP) is 2.80. The van der Waals surface area contributed by atoms with E-state index in [4.69, 9.17) is 9.47 Å². The van der Waals surface area contributed by atoms with Crippen molar-refractivity contribution in [3.05, 3.63) is 54.6 Å². The molecule has 1 N–H and O–H groups in total. The lowest BCUT2D eigenvalue weighted by molar-refractivity contribution is -0.150. The van der Waals surface area contributed by atoms with Crippen LogP contribution < -0.4 is 10.1 Å². The Labute approximate surface area is 141 Å². The summed E-state index contributed by atoms with van der Waals surface area (Å²) in [7, 11) is 0. The van der Waals surface area contributed by atoms with E-state index in [-0.39, 0.29) is 19.1 Å². The van der Waals surface area contributed by atoms with Crippen LogP contribution in [-0.2, 0) is 14.3 Å². The molecule has 0 aliphatic rings. The van der Waals surface area contributed by atoms with E-state index in [1.54, 1.807) is 6.07 Å². The van der Waals surface area contributed by atoms with Gasteiger partial charge in [-0.1, -0.05) is 55.5 Å². The molecule has 24 heavy (non-hydrogen) atoms. The molecule has 0 bridgehead atoms. The zero-order valence-electron chi connectivity index (χ0n) is 13.7. The van der Waals surface area contributed by atoms with Crippen molar-refractivity contribution in [3.63, 3.8) is 0 Å². The number of hydrogen-bond donors (Lipinski definition) is 1. The fraction of sp³-hybridized carbons (Fsp3) is 0.263. The van der Waals surface area contributed by atoms with Gasteiger partial charge in [0.2, 0.25) is 0 Å². The standard InChI is InChI=1S/C19H21NO4/c1-2-12-20-18(21)13-24-19(22)14-23-17-11-7-6-10-16(17)15-8-4-3-5-9-15/h3-11H,2,12-14H2,1H3,(H,20,21). The maximum atomic E-state index is 11.7. The molecule has 2 aromatic rings. The molecule has 0 aliphatic carbocycles. The van der Waals surface area contributed by atoms with Crippen molar-refractivity contribution in [2.24, 2.45) is 0 Å². The Balaban J connectivity index is 1.88. The quantitative estimate of drug-likeness (QED) is 0.757. The maximum Gasteiger partial charge on any atom is 0.344 e. The fourth-order valence-corrected chi connectivity index (χ4v) is 2.09. The molecule has 0 spiro atoms. The third kappa shape index (κ3) is 5.43. The van der Waals surface area contributed by atoms with Gasteiger partial charge in [-0.05, 0) is 18.1 Å². The Hall–Kier alpha value is -2.82. The Bertz CT molecular complexity index is 670. The van der Waals surface area contributed by atoms with E-state index in [2.05, 4.69) is 5.32 Å². The number of carbonyl (C=O) groups excluding carboxylic acids is 2. The summed E-state index contributed by atoms with van der Waals surface area (Å²) in [6.07, 6.45) is 0.832. The Morgan fingerprint density at radius 3 is 2.42 bits per heavy atom. The summed E-state index contributed by atoms with van der Waals surface area (Å²) < 4.78 is 10.5. The lowest BCUT2D eigenvalue weighted by atomic mass is 10.1. The van der Waals surface area contributed by atoms with Crippen molar-refractivity contribution in [3.8, 4) is 16.9 Å². The van der Waals surface area contributed by atoms with Gasteiger partial charge in [-0.3, -0.25) is 4.79 Å². The smallest absolute Gasteiger partial charge is 0.344 e. The van der Waals surface area contributed by atoms with Gasteiger partial charge in [0, 0.05) is 12.1 Å². The molecule has 5 nitrogen and oxygen atoms in total. The highest BCUT2D eigenvalue weighted by atomic mass is 16.6. The summed E-state index contributed by atoms with van der Waals surface area (Å²) in [6.45, 7) is 1.98. The molecule has 0 radical (unpaired) electrons. The van der Waals surface area contributed by atoms with Crippen LogP contribution in [0.2, 0.25) is 0 Å². The van der Waals surface area contributed by atoms with Crippen LogP contribution in [0, 0.1) is 0 Å². The minimum absolute atomic E-state index is 0.245. The first-order valence-electron chi connectivity index (χ1n) is 7.90. The molecule has 0 fully saturated rings. The number of para-hydroxylation sites is 1. The highest BCUT2D eigenvalue weighted by molar-refractivity contribution is 5.81. The predicted molar refractivity (Wildman–Crippen MR) is 91.6 cm³/mol. The molecule has 2 aromatic carbocycles. The molecule has 0 atom stereocenters. The minimum Gasteiger partial charge on any atom is -0.481 e. The van der Waals surface area contributed by atoms with E-state index in [0.717, 1.165) is 17.5 Å². The Morgan fingerprint density at radius 2 is 1.67 bits per heavy atom. The zero-order chi connectivity index (χ0) is 17.2. The van der Waals surface area contributed by atoms with Crippen LogP contribution in [0.25, 0.3) is 11.1 Å². The van der Waals surface area contributed by atoms with Crippen molar-refractivity contribution >= 4 is 11.9 Å². The van der Waals surface area contributed by atoms with E-state index >= 15 is 0 Å². The lowest BCUT2D eigenvalue weighted by Crippen LogP contribution is -2.30. The fourth-order valence-electron chi connectivity index (χ4n) is 2.09. The summed E-state index contributed by atoms with van der Waals surface area (Å²) in [5, 5.41) is 2.64.